The number of carbonyl (C=O) groups is 2. The number of hydrogen-bond donors (Lipinski definition) is 3. The summed E-state index contributed by atoms with van der Waals surface area (Å²) in [5.41, 5.74) is 11.6. The molecular weight excluding hydrogens is 389 g/mol. The van der Waals surface area contributed by atoms with Crippen molar-refractivity contribution in [1.29, 1.82) is 0 Å². The minimum Gasteiger partial charge on any atom is -0.444 e. The van der Waals surface area contributed by atoms with Crippen molar-refractivity contribution in [3.63, 3.8) is 0 Å². The van der Waals surface area contributed by atoms with Crippen LogP contribution in [0.15, 0.2) is 18.2 Å². The number of rotatable bonds is 7. The second-order valence-electron chi connectivity index (χ2n) is 8.50. The average molecular weight is 424 g/mol. The van der Waals surface area contributed by atoms with E-state index in [0.717, 1.165) is 12.8 Å². The summed E-state index contributed by atoms with van der Waals surface area (Å²) in [5, 5.41) is 2.66. The van der Waals surface area contributed by atoms with Gasteiger partial charge in [0.25, 0.3) is 0 Å². The number of nitrogens with two attached hydrogens (primary N) is 2. The zero-order valence-electron chi connectivity index (χ0n) is 18.1. The Hall–Kier alpha value is -2.39. The van der Waals surface area contributed by atoms with Gasteiger partial charge in [0, 0.05) is 31.9 Å². The summed E-state index contributed by atoms with van der Waals surface area (Å²) in [6.07, 6.45) is 1.76. The molecular formula is C21H34FN5O3. The van der Waals surface area contributed by atoms with E-state index in [1.807, 2.05) is 25.7 Å². The molecule has 0 saturated carbocycles. The lowest BCUT2D eigenvalue weighted by molar-refractivity contribution is -0.117. The third-order valence-electron chi connectivity index (χ3n) is 4.79. The Kier molecular flexibility index (Phi) is 8.43. The van der Waals surface area contributed by atoms with Crippen LogP contribution < -0.4 is 21.7 Å². The molecule has 1 aliphatic heterocycles. The minimum absolute atomic E-state index is 0.342. The van der Waals surface area contributed by atoms with Gasteiger partial charge in [-0.1, -0.05) is 6.42 Å². The molecule has 2 amide bonds. The summed E-state index contributed by atoms with van der Waals surface area (Å²) in [4.78, 5) is 27.8. The topological polar surface area (TPSA) is 114 Å². The van der Waals surface area contributed by atoms with Crippen molar-refractivity contribution in [2.24, 2.45) is 11.5 Å². The van der Waals surface area contributed by atoms with E-state index in [4.69, 9.17) is 16.2 Å². The second-order valence-corrected chi connectivity index (χ2v) is 8.50. The Morgan fingerprint density at radius 2 is 1.87 bits per heavy atom. The van der Waals surface area contributed by atoms with Crippen LogP contribution in [-0.2, 0) is 9.53 Å². The highest BCUT2D eigenvalue weighted by Crippen LogP contribution is 2.24. The summed E-state index contributed by atoms with van der Waals surface area (Å²) in [5.74, 6) is -0.777. The highest BCUT2D eigenvalue weighted by Gasteiger charge is 2.27. The van der Waals surface area contributed by atoms with E-state index in [9.17, 15) is 14.0 Å². The van der Waals surface area contributed by atoms with Gasteiger partial charge in [-0.05, 0) is 58.4 Å². The molecule has 1 atom stereocenters. The van der Waals surface area contributed by atoms with E-state index >= 15 is 0 Å². The van der Waals surface area contributed by atoms with Crippen molar-refractivity contribution in [3.8, 4) is 0 Å². The summed E-state index contributed by atoms with van der Waals surface area (Å²) in [7, 11) is 0. The number of nitrogens with one attached hydrogen (secondary N) is 1. The van der Waals surface area contributed by atoms with Gasteiger partial charge in [0.15, 0.2) is 0 Å². The molecule has 0 aromatic heterocycles. The lowest BCUT2D eigenvalue weighted by Crippen LogP contribution is -2.50. The van der Waals surface area contributed by atoms with Crippen LogP contribution in [0.5, 0.6) is 0 Å². The second kappa shape index (κ2) is 10.6. The predicted molar refractivity (Wildman–Crippen MR) is 116 cm³/mol. The van der Waals surface area contributed by atoms with Gasteiger partial charge in [-0.2, -0.15) is 0 Å². The van der Waals surface area contributed by atoms with Gasteiger partial charge in [0.2, 0.25) is 5.91 Å². The number of carbonyl (C=O) groups excluding carboxylic acids is 2. The van der Waals surface area contributed by atoms with E-state index in [0.29, 0.717) is 50.5 Å². The summed E-state index contributed by atoms with van der Waals surface area (Å²) in [6, 6.07) is 3.93. The molecule has 1 aliphatic rings. The Bertz CT molecular complexity index is 730. The fourth-order valence-corrected chi connectivity index (χ4v) is 3.17. The number of hydrogen-bond acceptors (Lipinski definition) is 6. The van der Waals surface area contributed by atoms with E-state index in [1.54, 1.807) is 17.0 Å². The normalized spacial score (nSPS) is 15.7. The molecule has 1 aromatic rings. The Labute approximate surface area is 177 Å². The summed E-state index contributed by atoms with van der Waals surface area (Å²) >= 11 is 0. The number of amides is 2. The Morgan fingerprint density at radius 3 is 2.43 bits per heavy atom. The van der Waals surface area contributed by atoms with Crippen molar-refractivity contribution in [3.05, 3.63) is 24.0 Å². The standard InChI is InChI=1S/C21H34FN5O3/c1-21(2,3)30-20(29)27-12-10-26(11-13-27)18-8-7-15(14-16(18)22)25-19(28)17(24)6-4-5-9-23/h7-8,14,17H,4-6,9-13,23-24H2,1-3H3,(H,25,28). The number of unbranched alkanes of at least 4 members (excludes halogenated alkanes) is 1. The molecule has 1 unspecified atom stereocenters. The predicted octanol–water partition coefficient (Wildman–Crippen LogP) is 2.28. The Balaban J connectivity index is 1.90. The summed E-state index contributed by atoms with van der Waals surface area (Å²) in [6.45, 7) is 7.92. The van der Waals surface area contributed by atoms with Crippen LogP contribution in [0.25, 0.3) is 0 Å². The molecule has 1 fully saturated rings. The van der Waals surface area contributed by atoms with Gasteiger partial charge >= 0.3 is 6.09 Å². The first kappa shape index (κ1) is 23.9. The van der Waals surface area contributed by atoms with E-state index in [1.165, 1.54) is 6.07 Å². The van der Waals surface area contributed by atoms with Crippen molar-refractivity contribution >= 4 is 23.4 Å². The molecule has 0 aliphatic carbocycles. The Morgan fingerprint density at radius 1 is 1.20 bits per heavy atom. The zero-order chi connectivity index (χ0) is 22.3. The molecule has 1 saturated heterocycles. The van der Waals surface area contributed by atoms with Crippen molar-refractivity contribution in [1.82, 2.24) is 4.90 Å². The number of benzene rings is 1. The molecule has 0 bridgehead atoms. The third kappa shape index (κ3) is 7.14. The molecule has 9 heteroatoms. The minimum atomic E-state index is -0.653. The molecule has 168 valence electrons. The maximum atomic E-state index is 14.7. The average Bonchev–Trinajstić information content (AvgIpc) is 2.67. The van der Waals surface area contributed by atoms with Crippen LogP contribution in [0, 0.1) is 5.82 Å². The van der Waals surface area contributed by atoms with Gasteiger partial charge in [-0.3, -0.25) is 4.79 Å². The lowest BCUT2D eigenvalue weighted by atomic mass is 10.1. The van der Waals surface area contributed by atoms with Crippen molar-refractivity contribution in [2.45, 2.75) is 51.7 Å². The third-order valence-corrected chi connectivity index (χ3v) is 4.79. The maximum Gasteiger partial charge on any atom is 0.410 e. The smallest absolute Gasteiger partial charge is 0.410 e. The highest BCUT2D eigenvalue weighted by atomic mass is 19.1. The fourth-order valence-electron chi connectivity index (χ4n) is 3.17. The first-order valence-corrected chi connectivity index (χ1v) is 10.4. The fraction of sp³-hybridized carbons (Fsp3) is 0.619. The van der Waals surface area contributed by atoms with Crippen LogP contribution in [0.3, 0.4) is 0 Å². The number of halogens is 1. The first-order valence-electron chi connectivity index (χ1n) is 10.4. The molecule has 1 aromatic carbocycles. The lowest BCUT2D eigenvalue weighted by Gasteiger charge is -2.36. The van der Waals surface area contributed by atoms with Gasteiger partial charge < -0.3 is 31.3 Å². The SMILES string of the molecule is CC(C)(C)OC(=O)N1CCN(c2ccc(NC(=O)C(N)CCCCN)cc2F)CC1. The van der Waals surface area contributed by atoms with Gasteiger partial charge in [-0.15, -0.1) is 0 Å². The van der Waals surface area contributed by atoms with Crippen LogP contribution >= 0.6 is 0 Å². The summed E-state index contributed by atoms with van der Waals surface area (Å²) < 4.78 is 20.1. The van der Waals surface area contributed by atoms with E-state index in [2.05, 4.69) is 5.32 Å². The van der Waals surface area contributed by atoms with Gasteiger partial charge in [-0.25, -0.2) is 9.18 Å². The van der Waals surface area contributed by atoms with Crippen molar-refractivity contribution in [2.75, 3.05) is 42.9 Å². The zero-order valence-corrected chi connectivity index (χ0v) is 18.1. The van der Waals surface area contributed by atoms with Crippen LogP contribution in [0.1, 0.15) is 40.0 Å². The maximum absolute atomic E-state index is 14.7. The quantitative estimate of drug-likeness (QED) is 0.580. The van der Waals surface area contributed by atoms with Crippen LogP contribution in [0.2, 0.25) is 0 Å². The van der Waals surface area contributed by atoms with Crippen LogP contribution in [-0.4, -0.2) is 61.3 Å². The molecule has 8 nitrogen and oxygen atoms in total. The van der Waals surface area contributed by atoms with E-state index < -0.39 is 17.5 Å². The number of ether oxygens (including phenoxy) is 1. The molecule has 2 rings (SSSR count). The highest BCUT2D eigenvalue weighted by molar-refractivity contribution is 5.94. The van der Waals surface area contributed by atoms with Gasteiger partial charge in [0.05, 0.1) is 11.7 Å². The number of anilines is 2. The molecule has 0 spiro atoms. The monoisotopic (exact) mass is 423 g/mol. The number of nitrogens with zero attached hydrogens (tertiary/aromatic N) is 2. The van der Waals surface area contributed by atoms with Crippen LogP contribution in [0.4, 0.5) is 20.6 Å². The number of piperazine rings is 1. The first-order chi connectivity index (χ1) is 14.1. The van der Waals surface area contributed by atoms with Gasteiger partial charge in [0.1, 0.15) is 11.4 Å². The molecule has 5 N–H and O–H groups in total. The molecule has 1 heterocycles. The van der Waals surface area contributed by atoms with Crippen molar-refractivity contribution < 1.29 is 18.7 Å². The largest absolute Gasteiger partial charge is 0.444 e. The molecule has 30 heavy (non-hydrogen) atoms. The van der Waals surface area contributed by atoms with E-state index in [-0.39, 0.29) is 12.0 Å². The molecule has 0 radical (unpaired) electrons.